The van der Waals surface area contributed by atoms with Crippen LogP contribution in [0.3, 0.4) is 0 Å². The zero-order valence-electron chi connectivity index (χ0n) is 12.9. The number of hydrogen-bond donors (Lipinski definition) is 4. The first-order valence-corrected chi connectivity index (χ1v) is 7.28. The van der Waals surface area contributed by atoms with Crippen LogP contribution in [0, 0.1) is 0 Å². The molecule has 1 aromatic rings. The van der Waals surface area contributed by atoms with E-state index in [1.54, 1.807) is 7.05 Å². The third kappa shape index (κ3) is 7.72. The molecule has 0 aliphatic rings. The lowest BCUT2D eigenvalue weighted by molar-refractivity contribution is -0.128. The van der Waals surface area contributed by atoms with Gasteiger partial charge >= 0.3 is 0 Å². The molecule has 7 nitrogen and oxygen atoms in total. The van der Waals surface area contributed by atoms with Crippen molar-refractivity contribution in [2.45, 2.75) is 25.4 Å². The summed E-state index contributed by atoms with van der Waals surface area (Å²) in [7, 11) is 1.63. The molecule has 7 heteroatoms. The molecule has 0 saturated heterocycles. The second kappa shape index (κ2) is 9.88. The monoisotopic (exact) mass is 307 g/mol. The zero-order valence-corrected chi connectivity index (χ0v) is 12.9. The fourth-order valence-corrected chi connectivity index (χ4v) is 1.92. The molecule has 0 aliphatic heterocycles. The number of benzene rings is 1. The number of carbonyl (C=O) groups is 2. The number of rotatable bonds is 9. The highest BCUT2D eigenvalue weighted by molar-refractivity contribution is 5.79. The third-order valence-electron chi connectivity index (χ3n) is 3.01. The van der Waals surface area contributed by atoms with Crippen molar-refractivity contribution < 1.29 is 9.59 Å². The zero-order chi connectivity index (χ0) is 16.4. The predicted molar refractivity (Wildman–Crippen MR) is 85.3 cm³/mol. The first kappa shape index (κ1) is 18.1. The van der Waals surface area contributed by atoms with Gasteiger partial charge in [-0.05, 0) is 18.5 Å². The van der Waals surface area contributed by atoms with Gasteiger partial charge in [-0.25, -0.2) is 5.01 Å². The molecule has 122 valence electrons. The number of hydrogen-bond acceptors (Lipinski definition) is 5. The standard InChI is InChI=1S/C15H25N5O2/c1-20(19-14(21)9-13(17)7-8-16)11-15(22)18-10-12-5-3-2-4-6-12/h2-6,13H,7-11,16-17H2,1H3,(H,18,22)(H,19,21)/t13-/m0/s1. The SMILES string of the molecule is CN(CC(=O)NCc1ccccc1)NC(=O)C[C@@H](N)CCN. The number of amides is 2. The molecule has 1 rings (SSSR count). The van der Waals surface area contributed by atoms with Crippen molar-refractivity contribution in [2.24, 2.45) is 11.5 Å². The molecule has 0 aromatic heterocycles. The summed E-state index contributed by atoms with van der Waals surface area (Å²) >= 11 is 0. The Labute approximate surface area is 131 Å². The van der Waals surface area contributed by atoms with Crippen LogP contribution < -0.4 is 22.2 Å². The van der Waals surface area contributed by atoms with E-state index < -0.39 is 0 Å². The fourth-order valence-electron chi connectivity index (χ4n) is 1.92. The maximum atomic E-state index is 11.8. The number of carbonyl (C=O) groups excluding carboxylic acids is 2. The summed E-state index contributed by atoms with van der Waals surface area (Å²) in [4.78, 5) is 23.5. The van der Waals surface area contributed by atoms with Gasteiger partial charge in [-0.2, -0.15) is 0 Å². The summed E-state index contributed by atoms with van der Waals surface area (Å²) in [5.74, 6) is -0.391. The van der Waals surface area contributed by atoms with Gasteiger partial charge in [-0.15, -0.1) is 0 Å². The molecule has 1 atom stereocenters. The van der Waals surface area contributed by atoms with Gasteiger partial charge in [-0.1, -0.05) is 30.3 Å². The molecule has 0 spiro atoms. The number of hydrazine groups is 1. The average Bonchev–Trinajstić information content (AvgIpc) is 2.46. The summed E-state index contributed by atoms with van der Waals surface area (Å²) in [6.45, 7) is 0.986. The Morgan fingerprint density at radius 1 is 1.23 bits per heavy atom. The van der Waals surface area contributed by atoms with Crippen LogP contribution in [-0.4, -0.2) is 43.0 Å². The largest absolute Gasteiger partial charge is 0.351 e. The van der Waals surface area contributed by atoms with Crippen LogP contribution in [0.2, 0.25) is 0 Å². The molecule has 0 bridgehead atoms. The second-order valence-electron chi connectivity index (χ2n) is 5.19. The van der Waals surface area contributed by atoms with Crippen LogP contribution >= 0.6 is 0 Å². The van der Waals surface area contributed by atoms with Crippen LogP contribution in [0.1, 0.15) is 18.4 Å². The average molecular weight is 307 g/mol. The van der Waals surface area contributed by atoms with E-state index in [0.29, 0.717) is 19.5 Å². The van der Waals surface area contributed by atoms with Gasteiger partial charge in [0.2, 0.25) is 11.8 Å². The van der Waals surface area contributed by atoms with Crippen molar-refractivity contribution in [1.29, 1.82) is 0 Å². The first-order valence-electron chi connectivity index (χ1n) is 7.28. The minimum absolute atomic E-state index is 0.0741. The second-order valence-corrected chi connectivity index (χ2v) is 5.19. The maximum absolute atomic E-state index is 11.8. The van der Waals surface area contributed by atoms with Crippen molar-refractivity contribution in [2.75, 3.05) is 20.1 Å². The minimum atomic E-state index is -0.259. The van der Waals surface area contributed by atoms with Crippen LogP contribution in [0.15, 0.2) is 30.3 Å². The van der Waals surface area contributed by atoms with E-state index in [1.807, 2.05) is 30.3 Å². The van der Waals surface area contributed by atoms with Gasteiger partial charge in [0.25, 0.3) is 0 Å². The Bertz CT molecular complexity index is 466. The molecular weight excluding hydrogens is 282 g/mol. The van der Waals surface area contributed by atoms with Crippen LogP contribution in [0.4, 0.5) is 0 Å². The fraction of sp³-hybridized carbons (Fsp3) is 0.467. The predicted octanol–water partition coefficient (Wildman–Crippen LogP) is -0.668. The Balaban J connectivity index is 2.24. The number of nitrogens with zero attached hydrogens (tertiary/aromatic N) is 1. The highest BCUT2D eigenvalue weighted by Gasteiger charge is 2.12. The van der Waals surface area contributed by atoms with Gasteiger partial charge in [-0.3, -0.25) is 15.0 Å². The van der Waals surface area contributed by atoms with Gasteiger partial charge < -0.3 is 16.8 Å². The molecule has 0 fully saturated rings. The van der Waals surface area contributed by atoms with E-state index in [-0.39, 0.29) is 30.8 Å². The summed E-state index contributed by atoms with van der Waals surface area (Å²) in [5.41, 5.74) is 14.7. The van der Waals surface area contributed by atoms with E-state index in [9.17, 15) is 9.59 Å². The lowest BCUT2D eigenvalue weighted by atomic mass is 10.1. The molecular formula is C15H25N5O2. The number of nitrogens with one attached hydrogen (secondary N) is 2. The lowest BCUT2D eigenvalue weighted by Crippen LogP contribution is -2.46. The van der Waals surface area contributed by atoms with Gasteiger partial charge in [0.05, 0.1) is 6.54 Å². The third-order valence-corrected chi connectivity index (χ3v) is 3.01. The van der Waals surface area contributed by atoms with Crippen LogP contribution in [0.5, 0.6) is 0 Å². The normalized spacial score (nSPS) is 12.0. The topological polar surface area (TPSA) is 113 Å². The molecule has 0 aliphatic carbocycles. The summed E-state index contributed by atoms with van der Waals surface area (Å²) < 4.78 is 0. The molecule has 0 heterocycles. The highest BCUT2D eigenvalue weighted by atomic mass is 16.2. The van der Waals surface area contributed by atoms with Crippen molar-refractivity contribution in [3.05, 3.63) is 35.9 Å². The Kier molecular flexibility index (Phi) is 8.13. The van der Waals surface area contributed by atoms with E-state index in [0.717, 1.165) is 5.56 Å². The highest BCUT2D eigenvalue weighted by Crippen LogP contribution is 1.97. The Hall–Kier alpha value is -1.96. The molecule has 0 saturated carbocycles. The maximum Gasteiger partial charge on any atom is 0.236 e. The van der Waals surface area contributed by atoms with E-state index in [1.165, 1.54) is 5.01 Å². The van der Waals surface area contributed by atoms with Crippen molar-refractivity contribution >= 4 is 11.8 Å². The lowest BCUT2D eigenvalue weighted by Gasteiger charge is -2.19. The van der Waals surface area contributed by atoms with E-state index in [2.05, 4.69) is 10.7 Å². The van der Waals surface area contributed by atoms with Gasteiger partial charge in [0.15, 0.2) is 0 Å². The van der Waals surface area contributed by atoms with Crippen LogP contribution in [0.25, 0.3) is 0 Å². The Morgan fingerprint density at radius 3 is 2.55 bits per heavy atom. The van der Waals surface area contributed by atoms with Crippen LogP contribution in [-0.2, 0) is 16.1 Å². The summed E-state index contributed by atoms with van der Waals surface area (Å²) in [5, 5.41) is 4.23. The van der Waals surface area contributed by atoms with E-state index in [4.69, 9.17) is 11.5 Å². The molecule has 6 N–H and O–H groups in total. The number of likely N-dealkylation sites (N-methyl/N-ethyl adjacent to an activating group) is 1. The quantitative estimate of drug-likeness (QED) is 0.452. The molecule has 2 amide bonds. The smallest absolute Gasteiger partial charge is 0.236 e. The van der Waals surface area contributed by atoms with E-state index >= 15 is 0 Å². The summed E-state index contributed by atoms with van der Waals surface area (Å²) in [6.07, 6.45) is 0.780. The summed E-state index contributed by atoms with van der Waals surface area (Å²) in [6, 6.07) is 9.36. The van der Waals surface area contributed by atoms with Gasteiger partial charge in [0.1, 0.15) is 0 Å². The molecule has 1 aromatic carbocycles. The number of nitrogens with two attached hydrogens (primary N) is 2. The van der Waals surface area contributed by atoms with Gasteiger partial charge in [0, 0.05) is 26.1 Å². The van der Waals surface area contributed by atoms with Crippen molar-refractivity contribution in [1.82, 2.24) is 15.8 Å². The molecule has 0 unspecified atom stereocenters. The Morgan fingerprint density at radius 2 is 1.91 bits per heavy atom. The minimum Gasteiger partial charge on any atom is -0.351 e. The molecule has 22 heavy (non-hydrogen) atoms. The molecule has 0 radical (unpaired) electrons. The van der Waals surface area contributed by atoms with Crippen molar-refractivity contribution in [3.63, 3.8) is 0 Å². The van der Waals surface area contributed by atoms with Crippen molar-refractivity contribution in [3.8, 4) is 0 Å². The first-order chi connectivity index (χ1) is 10.5.